The van der Waals surface area contributed by atoms with E-state index in [1.807, 2.05) is 29.6 Å². The molecule has 1 unspecified atom stereocenters. The van der Waals surface area contributed by atoms with Crippen LogP contribution in [0.2, 0.25) is 0 Å². The van der Waals surface area contributed by atoms with Crippen LogP contribution >= 0.6 is 11.3 Å². The van der Waals surface area contributed by atoms with Crippen molar-refractivity contribution < 1.29 is 9.59 Å². The van der Waals surface area contributed by atoms with Crippen molar-refractivity contribution >= 4 is 34.0 Å². The zero-order valence-corrected chi connectivity index (χ0v) is 15.6. The van der Waals surface area contributed by atoms with Gasteiger partial charge in [-0.05, 0) is 24.5 Å². The molecule has 0 radical (unpaired) electrons. The molecular formula is C19H23N3O2S. The molecule has 0 fully saturated rings. The lowest BCUT2D eigenvalue weighted by atomic mass is 9.89. The number of fused-ring (bicyclic) bond motifs is 1. The van der Waals surface area contributed by atoms with Crippen molar-refractivity contribution in [1.29, 1.82) is 0 Å². The first-order valence-electron chi connectivity index (χ1n) is 8.47. The lowest BCUT2D eigenvalue weighted by Gasteiger charge is -2.24. The summed E-state index contributed by atoms with van der Waals surface area (Å²) in [5.41, 5.74) is 2.94. The highest BCUT2D eigenvalue weighted by atomic mass is 32.1. The molecule has 1 aromatic carbocycles. The van der Waals surface area contributed by atoms with Crippen LogP contribution in [-0.4, -0.2) is 16.8 Å². The number of nitrogens with one attached hydrogen (secondary N) is 2. The molecule has 132 valence electrons. The molecule has 5 nitrogen and oxygen atoms in total. The highest BCUT2D eigenvalue weighted by molar-refractivity contribution is 7.13. The number of aromatic nitrogens is 1. The van der Waals surface area contributed by atoms with Gasteiger partial charge in [0.1, 0.15) is 0 Å². The van der Waals surface area contributed by atoms with Crippen molar-refractivity contribution in [2.24, 2.45) is 5.92 Å². The zero-order valence-electron chi connectivity index (χ0n) is 14.8. The third-order valence-electron chi connectivity index (χ3n) is 4.35. The Morgan fingerprint density at radius 3 is 2.84 bits per heavy atom. The Balaban J connectivity index is 1.54. The van der Waals surface area contributed by atoms with Gasteiger partial charge in [0.25, 0.3) is 0 Å². The molecule has 2 heterocycles. The third-order valence-corrected chi connectivity index (χ3v) is 5.11. The monoisotopic (exact) mass is 357 g/mol. The number of carbonyl (C=O) groups is 2. The van der Waals surface area contributed by atoms with Gasteiger partial charge in [0.15, 0.2) is 5.13 Å². The average Bonchev–Trinajstić information content (AvgIpc) is 3.01. The topological polar surface area (TPSA) is 71.1 Å². The van der Waals surface area contributed by atoms with Gasteiger partial charge in [-0.25, -0.2) is 4.98 Å². The predicted octanol–water partition coefficient (Wildman–Crippen LogP) is 3.97. The van der Waals surface area contributed by atoms with Gasteiger partial charge in [-0.2, -0.15) is 0 Å². The van der Waals surface area contributed by atoms with E-state index in [-0.39, 0.29) is 23.1 Å². The van der Waals surface area contributed by atoms with E-state index in [2.05, 4.69) is 36.4 Å². The van der Waals surface area contributed by atoms with Gasteiger partial charge in [-0.1, -0.05) is 39.0 Å². The number of rotatable bonds is 4. The second-order valence-electron chi connectivity index (χ2n) is 7.42. The van der Waals surface area contributed by atoms with Crippen molar-refractivity contribution in [3.05, 3.63) is 40.9 Å². The Morgan fingerprint density at radius 1 is 1.36 bits per heavy atom. The molecule has 2 N–H and O–H groups in total. The van der Waals surface area contributed by atoms with Gasteiger partial charge < -0.3 is 10.6 Å². The maximum atomic E-state index is 12.2. The average molecular weight is 357 g/mol. The first-order chi connectivity index (χ1) is 11.8. The molecule has 6 heteroatoms. The largest absolute Gasteiger partial charge is 0.326 e. The number of thiazole rings is 1. The number of carbonyl (C=O) groups excluding carboxylic acids is 2. The number of para-hydroxylation sites is 1. The summed E-state index contributed by atoms with van der Waals surface area (Å²) in [6, 6.07) is 7.80. The lowest BCUT2D eigenvalue weighted by molar-refractivity contribution is -0.121. The number of hydrogen-bond acceptors (Lipinski definition) is 4. The number of nitrogens with zero attached hydrogens (tertiary/aromatic N) is 1. The molecule has 1 atom stereocenters. The maximum Gasteiger partial charge on any atom is 0.227 e. The van der Waals surface area contributed by atoms with Crippen molar-refractivity contribution in [1.82, 2.24) is 4.98 Å². The summed E-state index contributed by atoms with van der Waals surface area (Å²) in [7, 11) is 0. The summed E-state index contributed by atoms with van der Waals surface area (Å²) in [6.45, 7) is 6.27. The SMILES string of the molecule is CC(C)(C)c1csc(NC(=O)CCC2Cc3ccccc3NC2=O)n1. The Hall–Kier alpha value is -2.21. The minimum absolute atomic E-state index is 0.00392. The van der Waals surface area contributed by atoms with Crippen molar-refractivity contribution in [2.75, 3.05) is 10.6 Å². The van der Waals surface area contributed by atoms with Crippen LogP contribution < -0.4 is 10.6 Å². The summed E-state index contributed by atoms with van der Waals surface area (Å²) < 4.78 is 0. The summed E-state index contributed by atoms with van der Waals surface area (Å²) in [5.74, 6) is -0.265. The predicted molar refractivity (Wildman–Crippen MR) is 101 cm³/mol. The first-order valence-corrected chi connectivity index (χ1v) is 9.35. The minimum Gasteiger partial charge on any atom is -0.326 e. The van der Waals surface area contributed by atoms with E-state index < -0.39 is 0 Å². The van der Waals surface area contributed by atoms with Crippen LogP contribution in [-0.2, 0) is 21.4 Å². The van der Waals surface area contributed by atoms with Gasteiger partial charge >= 0.3 is 0 Å². The van der Waals surface area contributed by atoms with Gasteiger partial charge in [-0.3, -0.25) is 9.59 Å². The van der Waals surface area contributed by atoms with Crippen molar-refractivity contribution in [2.45, 2.75) is 45.4 Å². The molecule has 1 aliphatic rings. The van der Waals surface area contributed by atoms with Crippen LogP contribution in [0.3, 0.4) is 0 Å². The summed E-state index contributed by atoms with van der Waals surface area (Å²) in [5, 5.41) is 8.36. The fourth-order valence-corrected chi connectivity index (χ4v) is 3.76. The summed E-state index contributed by atoms with van der Waals surface area (Å²) >= 11 is 1.44. The summed E-state index contributed by atoms with van der Waals surface area (Å²) in [6.07, 6.45) is 1.52. The quantitative estimate of drug-likeness (QED) is 0.870. The van der Waals surface area contributed by atoms with Crippen LogP contribution in [0.4, 0.5) is 10.8 Å². The lowest BCUT2D eigenvalue weighted by Crippen LogP contribution is -2.30. The molecule has 2 aromatic rings. The zero-order chi connectivity index (χ0) is 18.0. The second-order valence-corrected chi connectivity index (χ2v) is 8.28. The van der Waals surface area contributed by atoms with Gasteiger partial charge in [0, 0.05) is 28.8 Å². The molecule has 1 aliphatic heterocycles. The van der Waals surface area contributed by atoms with E-state index in [0.29, 0.717) is 24.4 Å². The molecule has 0 saturated heterocycles. The van der Waals surface area contributed by atoms with E-state index in [1.165, 1.54) is 11.3 Å². The van der Waals surface area contributed by atoms with Crippen LogP contribution in [0.5, 0.6) is 0 Å². The Morgan fingerprint density at radius 2 is 2.12 bits per heavy atom. The van der Waals surface area contributed by atoms with E-state index in [1.54, 1.807) is 0 Å². The minimum atomic E-state index is -0.165. The van der Waals surface area contributed by atoms with Crippen molar-refractivity contribution in [3.8, 4) is 0 Å². The fraction of sp³-hybridized carbons (Fsp3) is 0.421. The fourth-order valence-electron chi connectivity index (χ4n) is 2.81. The highest BCUT2D eigenvalue weighted by Crippen LogP contribution is 2.28. The number of anilines is 2. The number of amides is 2. The van der Waals surface area contributed by atoms with Crippen LogP contribution in [0, 0.1) is 5.92 Å². The van der Waals surface area contributed by atoms with Gasteiger partial charge in [-0.15, -0.1) is 11.3 Å². The van der Waals surface area contributed by atoms with Gasteiger partial charge in [0.05, 0.1) is 5.69 Å². The Bertz CT molecular complexity index is 792. The van der Waals surface area contributed by atoms with E-state index in [9.17, 15) is 9.59 Å². The molecule has 0 saturated carbocycles. The molecule has 3 rings (SSSR count). The molecule has 1 aromatic heterocycles. The van der Waals surface area contributed by atoms with Crippen molar-refractivity contribution in [3.63, 3.8) is 0 Å². The van der Waals surface area contributed by atoms with E-state index >= 15 is 0 Å². The molecule has 25 heavy (non-hydrogen) atoms. The highest BCUT2D eigenvalue weighted by Gasteiger charge is 2.26. The number of hydrogen-bond donors (Lipinski definition) is 2. The third kappa shape index (κ3) is 4.25. The van der Waals surface area contributed by atoms with E-state index in [4.69, 9.17) is 0 Å². The second kappa shape index (κ2) is 6.96. The normalized spacial score (nSPS) is 16.9. The smallest absolute Gasteiger partial charge is 0.227 e. The molecule has 0 spiro atoms. The molecule has 0 aliphatic carbocycles. The Labute approximate surface area is 151 Å². The van der Waals surface area contributed by atoms with Crippen LogP contribution in [0.1, 0.15) is 44.9 Å². The molecular weight excluding hydrogens is 334 g/mol. The first kappa shape index (κ1) is 17.6. The molecule has 0 bridgehead atoms. The Kier molecular flexibility index (Phi) is 4.90. The standard InChI is InChI=1S/C19H23N3O2S/c1-19(2,3)15-11-25-18(21-15)22-16(23)9-8-13-10-12-6-4-5-7-14(12)20-17(13)24/h4-7,11,13H,8-10H2,1-3H3,(H,20,24)(H,21,22,23). The van der Waals surface area contributed by atoms with E-state index in [0.717, 1.165) is 16.9 Å². The maximum absolute atomic E-state index is 12.2. The van der Waals surface area contributed by atoms with Crippen LogP contribution in [0.15, 0.2) is 29.6 Å². The van der Waals surface area contributed by atoms with Gasteiger partial charge in [0.2, 0.25) is 11.8 Å². The molecule has 2 amide bonds. The number of benzene rings is 1. The van der Waals surface area contributed by atoms with Crippen LogP contribution in [0.25, 0.3) is 0 Å². The summed E-state index contributed by atoms with van der Waals surface area (Å²) in [4.78, 5) is 28.8.